The number of hydrogen-bond donors (Lipinski definition) is 0. The second-order valence-corrected chi connectivity index (χ2v) is 11.9. The van der Waals surface area contributed by atoms with Crippen molar-refractivity contribution in [1.29, 1.82) is 0 Å². The van der Waals surface area contributed by atoms with Crippen LogP contribution in [0.4, 0.5) is 0 Å². The zero-order chi connectivity index (χ0) is 26.2. The molecule has 0 saturated carbocycles. The standard InChI is InChI=1S/C37H34O/c1-6-38-28-12-16-31-30-14-10-25(20-33(30)37(4,5)34(31)21-28)29-13-9-24-7-8-26-18-23(17-22(2)3)19-27-11-15-32(29)36(24)35(26)27/h7-16,18-22H,6,17H2,1-5H3. The van der Waals surface area contributed by atoms with Crippen LogP contribution in [-0.4, -0.2) is 6.61 Å². The first-order valence-electron chi connectivity index (χ1n) is 14.0. The maximum absolute atomic E-state index is 5.85. The lowest BCUT2D eigenvalue weighted by atomic mass is 9.81. The highest BCUT2D eigenvalue weighted by atomic mass is 16.5. The molecule has 0 radical (unpaired) electrons. The monoisotopic (exact) mass is 494 g/mol. The molecule has 1 nitrogen and oxygen atoms in total. The van der Waals surface area contributed by atoms with Crippen LogP contribution < -0.4 is 4.74 Å². The van der Waals surface area contributed by atoms with Crippen LogP contribution in [0.15, 0.2) is 84.9 Å². The van der Waals surface area contributed by atoms with Crippen LogP contribution in [0.3, 0.4) is 0 Å². The Kier molecular flexibility index (Phi) is 5.11. The van der Waals surface area contributed by atoms with Gasteiger partial charge >= 0.3 is 0 Å². The van der Waals surface area contributed by atoms with Gasteiger partial charge in [0.05, 0.1) is 6.61 Å². The molecular formula is C37H34O. The van der Waals surface area contributed by atoms with Gasteiger partial charge in [-0.15, -0.1) is 0 Å². The first-order chi connectivity index (χ1) is 18.3. The molecule has 0 aromatic heterocycles. The van der Waals surface area contributed by atoms with Crippen molar-refractivity contribution in [3.05, 3.63) is 102 Å². The van der Waals surface area contributed by atoms with Gasteiger partial charge in [0, 0.05) is 5.41 Å². The van der Waals surface area contributed by atoms with E-state index in [0.717, 1.165) is 12.2 Å². The van der Waals surface area contributed by atoms with E-state index in [-0.39, 0.29) is 5.41 Å². The summed E-state index contributed by atoms with van der Waals surface area (Å²) >= 11 is 0. The minimum Gasteiger partial charge on any atom is -0.494 e. The van der Waals surface area contributed by atoms with Crippen molar-refractivity contribution >= 4 is 32.3 Å². The maximum atomic E-state index is 5.85. The summed E-state index contributed by atoms with van der Waals surface area (Å²) in [6.07, 6.45) is 1.11. The largest absolute Gasteiger partial charge is 0.494 e. The molecule has 0 unspecified atom stereocenters. The molecule has 6 aromatic carbocycles. The van der Waals surface area contributed by atoms with Crippen LogP contribution in [0.25, 0.3) is 54.6 Å². The average Bonchev–Trinajstić information content (AvgIpc) is 3.12. The van der Waals surface area contributed by atoms with E-state index in [4.69, 9.17) is 4.74 Å². The number of ether oxygens (including phenoxy) is 1. The zero-order valence-corrected chi connectivity index (χ0v) is 23.0. The highest BCUT2D eigenvalue weighted by Crippen LogP contribution is 2.51. The van der Waals surface area contributed by atoms with Gasteiger partial charge in [0.2, 0.25) is 0 Å². The van der Waals surface area contributed by atoms with E-state index in [1.807, 2.05) is 6.92 Å². The minimum absolute atomic E-state index is 0.0790. The molecule has 0 saturated heterocycles. The number of rotatable bonds is 5. The van der Waals surface area contributed by atoms with Crippen LogP contribution in [0.5, 0.6) is 5.75 Å². The van der Waals surface area contributed by atoms with Gasteiger partial charge in [0.25, 0.3) is 0 Å². The van der Waals surface area contributed by atoms with E-state index in [0.29, 0.717) is 12.5 Å². The summed E-state index contributed by atoms with van der Waals surface area (Å²) in [7, 11) is 0. The topological polar surface area (TPSA) is 9.23 Å². The molecule has 0 heterocycles. The van der Waals surface area contributed by atoms with Crippen molar-refractivity contribution in [1.82, 2.24) is 0 Å². The normalized spacial score (nSPS) is 14.1. The van der Waals surface area contributed by atoms with Crippen molar-refractivity contribution in [2.75, 3.05) is 6.61 Å². The Balaban J connectivity index is 1.40. The molecular weight excluding hydrogens is 460 g/mol. The van der Waals surface area contributed by atoms with Gasteiger partial charge in [-0.2, -0.15) is 0 Å². The van der Waals surface area contributed by atoms with E-state index < -0.39 is 0 Å². The van der Waals surface area contributed by atoms with Crippen LogP contribution >= 0.6 is 0 Å². The third-order valence-electron chi connectivity index (χ3n) is 8.57. The Morgan fingerprint density at radius 3 is 2.03 bits per heavy atom. The molecule has 0 fully saturated rings. The van der Waals surface area contributed by atoms with Gasteiger partial charge in [-0.1, -0.05) is 94.4 Å². The molecule has 0 aliphatic heterocycles. The minimum atomic E-state index is -0.0790. The fourth-order valence-electron chi connectivity index (χ4n) is 6.87. The molecule has 38 heavy (non-hydrogen) atoms. The smallest absolute Gasteiger partial charge is 0.119 e. The first kappa shape index (κ1) is 23.3. The highest BCUT2D eigenvalue weighted by Gasteiger charge is 2.36. The van der Waals surface area contributed by atoms with Crippen LogP contribution in [0.1, 0.15) is 51.3 Å². The summed E-state index contributed by atoms with van der Waals surface area (Å²) in [5.41, 5.74) is 9.35. The predicted molar refractivity (Wildman–Crippen MR) is 163 cm³/mol. The molecule has 0 amide bonds. The van der Waals surface area contributed by atoms with Crippen LogP contribution in [0, 0.1) is 5.92 Å². The lowest BCUT2D eigenvalue weighted by Crippen LogP contribution is -2.15. The first-order valence-corrected chi connectivity index (χ1v) is 14.0. The van der Waals surface area contributed by atoms with Crippen molar-refractivity contribution in [3.63, 3.8) is 0 Å². The van der Waals surface area contributed by atoms with Gasteiger partial charge < -0.3 is 4.74 Å². The Bertz CT molecular complexity index is 1830. The van der Waals surface area contributed by atoms with Gasteiger partial charge in [0.15, 0.2) is 0 Å². The predicted octanol–water partition coefficient (Wildman–Crippen LogP) is 10.2. The molecule has 0 N–H and O–H groups in total. The van der Waals surface area contributed by atoms with Crippen LogP contribution in [0.2, 0.25) is 0 Å². The van der Waals surface area contributed by atoms with Crippen molar-refractivity contribution < 1.29 is 4.74 Å². The number of fused-ring (bicyclic) bond motifs is 3. The van der Waals surface area contributed by atoms with Crippen LogP contribution in [-0.2, 0) is 11.8 Å². The summed E-state index contributed by atoms with van der Waals surface area (Å²) in [4.78, 5) is 0. The summed E-state index contributed by atoms with van der Waals surface area (Å²) in [6.45, 7) is 12.0. The Hall–Kier alpha value is -3.84. The SMILES string of the molecule is CCOc1ccc2c(c1)C(C)(C)c1cc(-c3ccc4ccc5cc(CC(C)C)cc6ccc3c4c56)ccc1-2. The Labute approximate surface area is 225 Å². The fourth-order valence-corrected chi connectivity index (χ4v) is 6.87. The lowest BCUT2D eigenvalue weighted by molar-refractivity contribution is 0.339. The highest BCUT2D eigenvalue weighted by molar-refractivity contribution is 6.25. The molecule has 6 aromatic rings. The van der Waals surface area contributed by atoms with Gasteiger partial charge in [-0.25, -0.2) is 0 Å². The summed E-state index contributed by atoms with van der Waals surface area (Å²) in [6, 6.07) is 32.4. The third kappa shape index (κ3) is 3.38. The molecule has 1 aliphatic rings. The van der Waals surface area contributed by atoms with Crippen molar-refractivity contribution in [3.8, 4) is 28.0 Å². The maximum Gasteiger partial charge on any atom is 0.119 e. The Morgan fingerprint density at radius 1 is 0.658 bits per heavy atom. The molecule has 188 valence electrons. The van der Waals surface area contributed by atoms with Crippen molar-refractivity contribution in [2.24, 2.45) is 5.92 Å². The number of benzene rings is 6. The zero-order valence-electron chi connectivity index (χ0n) is 23.0. The van der Waals surface area contributed by atoms with Gasteiger partial charge in [-0.3, -0.25) is 0 Å². The molecule has 0 bridgehead atoms. The molecule has 0 atom stereocenters. The summed E-state index contributed by atoms with van der Waals surface area (Å²) in [5.74, 6) is 1.60. The quantitative estimate of drug-likeness (QED) is 0.217. The van der Waals surface area contributed by atoms with Crippen molar-refractivity contribution in [2.45, 2.75) is 46.5 Å². The second kappa shape index (κ2) is 8.33. The fraction of sp³-hybridized carbons (Fsp3) is 0.243. The van der Waals surface area contributed by atoms with Gasteiger partial charge in [-0.05, 0) is 109 Å². The number of hydrogen-bond acceptors (Lipinski definition) is 1. The van der Waals surface area contributed by atoms with E-state index in [2.05, 4.69) is 113 Å². The van der Waals surface area contributed by atoms with E-state index >= 15 is 0 Å². The van der Waals surface area contributed by atoms with E-state index in [1.165, 1.54) is 71.3 Å². The Morgan fingerprint density at radius 2 is 1.29 bits per heavy atom. The molecule has 1 aliphatic carbocycles. The lowest BCUT2D eigenvalue weighted by Gasteiger charge is -2.23. The molecule has 0 spiro atoms. The molecule has 1 heteroatoms. The molecule has 7 rings (SSSR count). The van der Waals surface area contributed by atoms with E-state index in [9.17, 15) is 0 Å². The van der Waals surface area contributed by atoms with E-state index in [1.54, 1.807) is 0 Å². The van der Waals surface area contributed by atoms with Gasteiger partial charge in [0.1, 0.15) is 5.75 Å². The third-order valence-corrected chi connectivity index (χ3v) is 8.57. The summed E-state index contributed by atoms with van der Waals surface area (Å²) < 4.78 is 5.85. The summed E-state index contributed by atoms with van der Waals surface area (Å²) in [5, 5.41) is 8.14. The second-order valence-electron chi connectivity index (χ2n) is 11.9. The average molecular weight is 495 g/mol.